The van der Waals surface area contributed by atoms with Gasteiger partial charge in [-0.1, -0.05) is 0 Å². The first kappa shape index (κ1) is 6.55. The predicted molar refractivity (Wildman–Crippen MR) is 35.9 cm³/mol. The molecule has 1 aliphatic heterocycles. The monoisotopic (exact) mass is 146 g/mol. The molecule has 2 rings (SSSR count). The van der Waals surface area contributed by atoms with Crippen LogP contribution in [0.1, 0.15) is 12.1 Å². The first-order chi connectivity index (χ1) is 4.38. The maximum absolute atomic E-state index is 4.26. The topological polar surface area (TPSA) is 17.8 Å². The Hall–Kier alpha value is 0.846. The van der Waals surface area contributed by atoms with E-state index in [-0.39, 0.29) is 0 Å². The van der Waals surface area contributed by atoms with Gasteiger partial charge in [-0.15, -0.1) is 0 Å². The maximum atomic E-state index is 4.26. The second-order valence-electron chi connectivity index (χ2n) is 2.60. The molecule has 0 aromatic carbocycles. The third-order valence-electron chi connectivity index (χ3n) is 1.94. The van der Waals surface area contributed by atoms with Crippen molar-refractivity contribution in [3.8, 4) is 0 Å². The number of nitrogens with zero attached hydrogens (tertiary/aromatic N) is 2. The average molecular weight is 146 g/mol. The van der Waals surface area contributed by atoms with Gasteiger partial charge in [-0.2, -0.15) is 0 Å². The van der Waals surface area contributed by atoms with Crippen LogP contribution < -0.4 is -0.342 Å². The summed E-state index contributed by atoms with van der Waals surface area (Å²) in [4.78, 5) is 0. The third kappa shape index (κ3) is 1.05. The summed E-state index contributed by atoms with van der Waals surface area (Å²) in [6.45, 7) is 1.16. The molecule has 0 bridgehead atoms. The number of aryl methyl sites for hydroxylation is 1. The Labute approximate surface area is 88.2 Å². The molecule has 0 spiro atoms. The summed E-state index contributed by atoms with van der Waals surface area (Å²) in [5, 5.41) is 4.26. The van der Waals surface area contributed by atoms with E-state index in [2.05, 4.69) is 9.78 Å². The molecule has 0 unspecified atom stereocenters. The first-order valence-corrected chi connectivity index (χ1v) is 4.95. The number of rotatable bonds is 0. The Bertz CT molecular complexity index is 229. The molecule has 0 aliphatic carbocycles. The molecule has 1 aromatic heterocycles. The fourth-order valence-corrected chi connectivity index (χ4v) is 2.39. The molecule has 0 saturated heterocycles. The van der Waals surface area contributed by atoms with E-state index in [0.29, 0.717) is 0 Å². The van der Waals surface area contributed by atoms with E-state index in [0.717, 1.165) is 55.5 Å². The van der Waals surface area contributed by atoms with E-state index < -0.39 is 0 Å². The van der Waals surface area contributed by atoms with Crippen molar-refractivity contribution in [1.82, 2.24) is 9.78 Å². The molecule has 0 saturated carbocycles. The molecular weight excluding hydrogens is 139 g/mol. The van der Waals surface area contributed by atoms with Gasteiger partial charge in [0.25, 0.3) is 0 Å². The molecule has 3 heteroatoms. The quantitative estimate of drug-likeness (QED) is 0.456. The molecule has 2 nitrogen and oxygen atoms in total. The molecule has 0 N–H and O–H groups in total. The van der Waals surface area contributed by atoms with Crippen molar-refractivity contribution in [3.05, 3.63) is 11.9 Å². The van der Waals surface area contributed by atoms with Gasteiger partial charge in [0.15, 0.2) is 0 Å². The van der Waals surface area contributed by atoms with Gasteiger partial charge in [0.2, 0.25) is 0 Å². The van der Waals surface area contributed by atoms with Gasteiger partial charge >= 0.3 is 89.7 Å². The summed E-state index contributed by atoms with van der Waals surface area (Å²) in [5.74, 6) is 0. The second-order valence-corrected chi connectivity index (χ2v) is 4.28. The molecule has 0 atom stereocenters. The van der Waals surface area contributed by atoms with Gasteiger partial charge < -0.3 is 0 Å². The van der Waals surface area contributed by atoms with Crippen molar-refractivity contribution < 1.29 is 0 Å². The fourth-order valence-electron chi connectivity index (χ4n) is 1.42. The molecule has 0 fully saturated rings. The summed E-state index contributed by atoms with van der Waals surface area (Å²) < 4.78 is 3.70. The standard InChI is InChI=1S/C6H7N2.K/c1-2-6-3-4-7-8(6)5-1;/h4H,1-2,5H2;. The van der Waals surface area contributed by atoms with Gasteiger partial charge in [0.1, 0.15) is 0 Å². The molecule has 9 heavy (non-hydrogen) atoms. The Morgan fingerprint density at radius 1 is 1.67 bits per heavy atom. The van der Waals surface area contributed by atoms with Gasteiger partial charge in [-0.25, -0.2) is 0 Å². The van der Waals surface area contributed by atoms with E-state index >= 15 is 0 Å². The molecule has 1 aliphatic rings. The van der Waals surface area contributed by atoms with Gasteiger partial charge in [0.05, 0.1) is 0 Å². The van der Waals surface area contributed by atoms with Crippen LogP contribution in [0.3, 0.4) is 0 Å². The van der Waals surface area contributed by atoms with E-state index in [9.17, 15) is 0 Å². The van der Waals surface area contributed by atoms with E-state index in [1.807, 2.05) is 6.20 Å². The van der Waals surface area contributed by atoms with Crippen LogP contribution in [0.5, 0.6) is 0 Å². The SMILES string of the molecule is [K][c]1cnn2c1CCC2. The van der Waals surface area contributed by atoms with Crippen LogP contribution in [-0.4, -0.2) is 58.7 Å². The number of aromatic nitrogens is 2. The van der Waals surface area contributed by atoms with Crippen molar-refractivity contribution in [3.63, 3.8) is 0 Å². The van der Waals surface area contributed by atoms with Crippen LogP contribution >= 0.6 is 0 Å². The van der Waals surface area contributed by atoms with Crippen molar-refractivity contribution in [2.24, 2.45) is 0 Å². The first-order valence-electron chi connectivity index (χ1n) is 3.39. The number of hydrogen-bond donors (Lipinski definition) is 0. The van der Waals surface area contributed by atoms with E-state index in [1.165, 1.54) is 18.5 Å². The van der Waals surface area contributed by atoms with Crippen LogP contribution in [-0.2, 0) is 13.0 Å². The van der Waals surface area contributed by atoms with Gasteiger partial charge in [-0.05, 0) is 0 Å². The zero-order valence-corrected chi connectivity index (χ0v) is 8.72. The van der Waals surface area contributed by atoms with E-state index in [4.69, 9.17) is 0 Å². The summed E-state index contributed by atoms with van der Waals surface area (Å²) in [6.07, 6.45) is 4.62. The molecular formula is C6H7KN2. The zero-order valence-electron chi connectivity index (χ0n) is 5.59. The Kier molecular flexibility index (Phi) is 1.80. The summed E-state index contributed by atoms with van der Waals surface area (Å²) >= 11 is 0.824. The minimum atomic E-state index is 0.824. The van der Waals surface area contributed by atoms with Crippen LogP contribution in [0.25, 0.3) is 0 Å². The molecule has 42 valence electrons. The van der Waals surface area contributed by atoms with Crippen LogP contribution in [0.2, 0.25) is 0 Å². The summed E-state index contributed by atoms with van der Waals surface area (Å²) in [7, 11) is 0. The van der Waals surface area contributed by atoms with Crippen molar-refractivity contribution in [2.75, 3.05) is 0 Å². The Balaban J connectivity index is 2.56. The number of fused-ring (bicyclic) bond motifs is 1. The van der Waals surface area contributed by atoms with Crippen LogP contribution in [0.15, 0.2) is 6.20 Å². The van der Waals surface area contributed by atoms with Gasteiger partial charge in [0, 0.05) is 0 Å². The average Bonchev–Trinajstić information content (AvgIpc) is 2.35. The number of hydrogen-bond acceptors (Lipinski definition) is 1. The zero-order chi connectivity index (χ0) is 6.27. The van der Waals surface area contributed by atoms with Crippen molar-refractivity contribution in [2.45, 2.75) is 19.4 Å². The van der Waals surface area contributed by atoms with Crippen molar-refractivity contribution in [1.29, 1.82) is 0 Å². The molecule has 1 aromatic rings. The third-order valence-corrected chi connectivity index (χ3v) is 3.25. The summed E-state index contributed by atoms with van der Waals surface area (Å²) in [5.41, 5.74) is 1.52. The van der Waals surface area contributed by atoms with Gasteiger partial charge in [-0.3, -0.25) is 0 Å². The second kappa shape index (κ2) is 2.47. The minimum absolute atomic E-state index is 0.824. The Morgan fingerprint density at radius 3 is 3.33 bits per heavy atom. The normalized spacial score (nSPS) is 16.2. The van der Waals surface area contributed by atoms with Crippen molar-refractivity contribution >= 4 is 48.6 Å². The molecule has 0 amide bonds. The predicted octanol–water partition coefficient (Wildman–Crippen LogP) is -0.377. The van der Waals surface area contributed by atoms with E-state index in [1.54, 1.807) is -0.342 Å². The summed E-state index contributed by atoms with van der Waals surface area (Å²) in [6, 6.07) is 0. The Morgan fingerprint density at radius 2 is 2.56 bits per heavy atom. The molecule has 0 radical (unpaired) electrons. The molecule has 2 heterocycles. The van der Waals surface area contributed by atoms with Crippen LogP contribution in [0.4, 0.5) is 0 Å². The fraction of sp³-hybridized carbons (Fsp3) is 0.500. The van der Waals surface area contributed by atoms with Crippen LogP contribution in [0, 0.1) is 0 Å².